The summed E-state index contributed by atoms with van der Waals surface area (Å²) in [6, 6.07) is 13.7. The minimum absolute atomic E-state index is 0.279. The third kappa shape index (κ3) is 3.86. The molecule has 0 spiro atoms. The van der Waals surface area contributed by atoms with Crippen molar-refractivity contribution in [3.05, 3.63) is 65.2 Å². The lowest BCUT2D eigenvalue weighted by atomic mass is 9.99. The molecule has 6 heteroatoms. The number of hydrogen-bond acceptors (Lipinski definition) is 4. The fraction of sp³-hybridized carbons (Fsp3) is 0.300. The van der Waals surface area contributed by atoms with Crippen molar-refractivity contribution in [2.75, 3.05) is 20.3 Å². The number of nitrogens with one attached hydrogen (secondary N) is 1. The van der Waals surface area contributed by atoms with Crippen molar-refractivity contribution >= 4 is 11.8 Å². The first-order chi connectivity index (χ1) is 12.6. The molecule has 1 aliphatic heterocycles. The molecule has 6 nitrogen and oxygen atoms in total. The Bertz CT molecular complexity index is 806. The number of rotatable bonds is 5. The van der Waals surface area contributed by atoms with Gasteiger partial charge in [-0.2, -0.15) is 0 Å². The molecule has 2 aromatic carbocycles. The number of methoxy groups -OCH3 is 1. The van der Waals surface area contributed by atoms with E-state index < -0.39 is 18.6 Å². The van der Waals surface area contributed by atoms with E-state index in [0.29, 0.717) is 24.4 Å². The highest BCUT2D eigenvalue weighted by atomic mass is 16.5. The molecule has 2 N–H and O–H groups in total. The van der Waals surface area contributed by atoms with E-state index >= 15 is 0 Å². The summed E-state index contributed by atoms with van der Waals surface area (Å²) in [6.45, 7) is 0.606. The lowest BCUT2D eigenvalue weighted by Gasteiger charge is -2.31. The van der Waals surface area contributed by atoms with Crippen LogP contribution < -0.4 is 10.1 Å². The van der Waals surface area contributed by atoms with Crippen molar-refractivity contribution in [1.82, 2.24) is 10.2 Å². The maximum absolute atomic E-state index is 12.8. The zero-order valence-electron chi connectivity index (χ0n) is 14.6. The molecule has 0 aromatic heterocycles. The van der Waals surface area contributed by atoms with Crippen LogP contribution in [0.25, 0.3) is 0 Å². The van der Waals surface area contributed by atoms with Gasteiger partial charge in [0.05, 0.1) is 13.7 Å². The highest BCUT2D eigenvalue weighted by molar-refractivity contribution is 5.97. The first-order valence-electron chi connectivity index (χ1n) is 8.53. The van der Waals surface area contributed by atoms with Crippen LogP contribution in [0.4, 0.5) is 0 Å². The number of ether oxygens (including phenoxy) is 1. The number of amides is 2. The summed E-state index contributed by atoms with van der Waals surface area (Å²) in [4.78, 5) is 26.9. The van der Waals surface area contributed by atoms with Gasteiger partial charge in [-0.3, -0.25) is 9.59 Å². The number of aliphatic hydroxyl groups is 1. The molecule has 0 saturated carbocycles. The molecular formula is C20H22N2O4. The Morgan fingerprint density at radius 3 is 2.69 bits per heavy atom. The summed E-state index contributed by atoms with van der Waals surface area (Å²) < 4.78 is 5.11. The Balaban J connectivity index is 1.68. The lowest BCUT2D eigenvalue weighted by molar-refractivity contribution is -0.135. The van der Waals surface area contributed by atoms with E-state index in [9.17, 15) is 14.7 Å². The van der Waals surface area contributed by atoms with Gasteiger partial charge >= 0.3 is 0 Å². The van der Waals surface area contributed by atoms with Gasteiger partial charge < -0.3 is 20.1 Å². The zero-order chi connectivity index (χ0) is 18.5. The van der Waals surface area contributed by atoms with Crippen LogP contribution in [0.3, 0.4) is 0 Å². The first-order valence-corrected chi connectivity index (χ1v) is 8.53. The SMILES string of the molecule is COc1cccc(C(=O)N[C@@H](CO)C(=O)N2CCc3ccccc3C2)c1. The van der Waals surface area contributed by atoms with E-state index in [2.05, 4.69) is 11.4 Å². The Kier molecular flexibility index (Phi) is 5.53. The number of nitrogens with zero attached hydrogens (tertiary/aromatic N) is 1. The van der Waals surface area contributed by atoms with Crippen LogP contribution in [-0.2, 0) is 17.8 Å². The molecule has 0 bridgehead atoms. The van der Waals surface area contributed by atoms with Gasteiger partial charge in [0.1, 0.15) is 11.8 Å². The van der Waals surface area contributed by atoms with Crippen molar-refractivity contribution in [3.8, 4) is 5.75 Å². The average Bonchev–Trinajstić information content (AvgIpc) is 2.71. The molecule has 0 radical (unpaired) electrons. The summed E-state index contributed by atoms with van der Waals surface area (Å²) in [7, 11) is 1.52. The van der Waals surface area contributed by atoms with E-state index in [4.69, 9.17) is 4.74 Å². The molecule has 3 rings (SSSR count). The van der Waals surface area contributed by atoms with Crippen LogP contribution in [0, 0.1) is 0 Å². The first kappa shape index (κ1) is 17.9. The Morgan fingerprint density at radius 2 is 1.96 bits per heavy atom. The van der Waals surface area contributed by atoms with Crippen LogP contribution in [0.15, 0.2) is 48.5 Å². The highest BCUT2D eigenvalue weighted by Crippen LogP contribution is 2.19. The van der Waals surface area contributed by atoms with Gasteiger partial charge in [-0.1, -0.05) is 30.3 Å². The lowest BCUT2D eigenvalue weighted by Crippen LogP contribution is -2.51. The molecular weight excluding hydrogens is 332 g/mol. The number of carbonyl (C=O) groups excluding carboxylic acids is 2. The topological polar surface area (TPSA) is 78.9 Å². The fourth-order valence-corrected chi connectivity index (χ4v) is 3.10. The predicted molar refractivity (Wildman–Crippen MR) is 96.9 cm³/mol. The molecule has 1 heterocycles. The van der Waals surface area contributed by atoms with Gasteiger partial charge in [-0.15, -0.1) is 0 Å². The number of aliphatic hydroxyl groups excluding tert-OH is 1. The van der Waals surface area contributed by atoms with E-state index in [-0.39, 0.29) is 5.91 Å². The molecule has 136 valence electrons. The van der Waals surface area contributed by atoms with Crippen LogP contribution in [0.5, 0.6) is 5.75 Å². The summed E-state index contributed by atoms with van der Waals surface area (Å²) in [5.74, 6) is -0.149. The second-order valence-electron chi connectivity index (χ2n) is 6.22. The van der Waals surface area contributed by atoms with E-state index in [1.807, 2.05) is 18.2 Å². The van der Waals surface area contributed by atoms with Crippen molar-refractivity contribution in [3.63, 3.8) is 0 Å². The minimum atomic E-state index is -0.973. The summed E-state index contributed by atoms with van der Waals surface area (Å²) in [5.41, 5.74) is 2.71. The Hall–Kier alpha value is -2.86. The predicted octanol–water partition coefficient (Wildman–Crippen LogP) is 1.37. The van der Waals surface area contributed by atoms with Gasteiger partial charge in [0.25, 0.3) is 5.91 Å². The number of hydrogen-bond donors (Lipinski definition) is 2. The second-order valence-corrected chi connectivity index (χ2v) is 6.22. The fourth-order valence-electron chi connectivity index (χ4n) is 3.10. The third-order valence-corrected chi connectivity index (χ3v) is 4.56. The molecule has 26 heavy (non-hydrogen) atoms. The summed E-state index contributed by atoms with van der Waals surface area (Å²) in [5, 5.41) is 12.3. The van der Waals surface area contributed by atoms with Crippen LogP contribution >= 0.6 is 0 Å². The maximum Gasteiger partial charge on any atom is 0.252 e. The van der Waals surface area contributed by atoms with Gasteiger partial charge in [-0.25, -0.2) is 0 Å². The third-order valence-electron chi connectivity index (χ3n) is 4.56. The zero-order valence-corrected chi connectivity index (χ0v) is 14.6. The summed E-state index contributed by atoms with van der Waals surface area (Å²) in [6.07, 6.45) is 0.768. The standard InChI is InChI=1S/C20H22N2O4/c1-26-17-8-4-7-15(11-17)19(24)21-18(13-23)20(25)22-10-9-14-5-2-3-6-16(14)12-22/h2-8,11,18,23H,9-10,12-13H2,1H3,(H,21,24)/t18-/m0/s1. The van der Waals surface area contributed by atoms with E-state index in [1.165, 1.54) is 12.7 Å². The van der Waals surface area contributed by atoms with E-state index in [1.54, 1.807) is 29.2 Å². The number of benzene rings is 2. The summed E-state index contributed by atoms with van der Waals surface area (Å²) >= 11 is 0. The average molecular weight is 354 g/mol. The molecule has 2 amide bonds. The van der Waals surface area contributed by atoms with Crippen LogP contribution in [0.2, 0.25) is 0 Å². The molecule has 0 saturated heterocycles. The van der Waals surface area contributed by atoms with Gasteiger partial charge in [0, 0.05) is 18.7 Å². The monoisotopic (exact) mass is 354 g/mol. The number of carbonyl (C=O) groups is 2. The molecule has 2 aromatic rings. The maximum atomic E-state index is 12.8. The largest absolute Gasteiger partial charge is 0.497 e. The molecule has 1 aliphatic rings. The minimum Gasteiger partial charge on any atom is -0.497 e. The van der Waals surface area contributed by atoms with Crippen molar-refractivity contribution in [2.24, 2.45) is 0 Å². The molecule has 1 atom stereocenters. The van der Waals surface area contributed by atoms with Gasteiger partial charge in [0.15, 0.2) is 0 Å². The smallest absolute Gasteiger partial charge is 0.252 e. The van der Waals surface area contributed by atoms with Gasteiger partial charge in [-0.05, 0) is 35.7 Å². The Morgan fingerprint density at radius 1 is 1.19 bits per heavy atom. The van der Waals surface area contributed by atoms with Crippen LogP contribution in [0.1, 0.15) is 21.5 Å². The second kappa shape index (κ2) is 8.01. The highest BCUT2D eigenvalue weighted by Gasteiger charge is 2.28. The quantitative estimate of drug-likeness (QED) is 0.850. The Labute approximate surface area is 152 Å². The van der Waals surface area contributed by atoms with Crippen molar-refractivity contribution < 1.29 is 19.4 Å². The van der Waals surface area contributed by atoms with Crippen molar-refractivity contribution in [2.45, 2.75) is 19.0 Å². The molecule has 0 fully saturated rings. The van der Waals surface area contributed by atoms with Crippen LogP contribution in [-0.4, -0.2) is 48.1 Å². The van der Waals surface area contributed by atoms with Crippen molar-refractivity contribution in [1.29, 1.82) is 0 Å². The van der Waals surface area contributed by atoms with Gasteiger partial charge in [0.2, 0.25) is 5.91 Å². The number of fused-ring (bicyclic) bond motifs is 1. The molecule has 0 aliphatic carbocycles. The van der Waals surface area contributed by atoms with E-state index in [0.717, 1.165) is 12.0 Å². The molecule has 0 unspecified atom stereocenters. The normalized spacial score (nSPS) is 14.3.